The molecular formula is C17H24O2. The van der Waals surface area contributed by atoms with Gasteiger partial charge in [0, 0.05) is 5.56 Å². The van der Waals surface area contributed by atoms with Gasteiger partial charge in [-0.2, -0.15) is 0 Å². The van der Waals surface area contributed by atoms with Gasteiger partial charge in [0.1, 0.15) is 12.0 Å². The highest BCUT2D eigenvalue weighted by molar-refractivity contribution is 5.77. The third-order valence-electron chi connectivity index (χ3n) is 4.02. The zero-order valence-corrected chi connectivity index (χ0v) is 12.4. The molecule has 2 atom stereocenters. The maximum Gasteiger partial charge on any atom is 0.150 e. The standard InChI is InChI=1S/C17H24O2/c1-12-7-16(10-17(3,4)9-12)19-15-6-5-14(11-18)13(2)8-15/h5-6,8,11-12,16H,7,9-10H2,1-4H3. The average molecular weight is 260 g/mol. The molecule has 2 rings (SSSR count). The van der Waals surface area contributed by atoms with Crippen LogP contribution in [-0.4, -0.2) is 12.4 Å². The molecular weight excluding hydrogens is 236 g/mol. The van der Waals surface area contributed by atoms with E-state index < -0.39 is 0 Å². The van der Waals surface area contributed by atoms with Crippen molar-refractivity contribution in [3.63, 3.8) is 0 Å². The van der Waals surface area contributed by atoms with Crippen molar-refractivity contribution in [2.75, 3.05) is 0 Å². The Hall–Kier alpha value is -1.31. The molecule has 0 N–H and O–H groups in total. The van der Waals surface area contributed by atoms with E-state index in [1.54, 1.807) is 0 Å². The summed E-state index contributed by atoms with van der Waals surface area (Å²) in [6.07, 6.45) is 4.69. The van der Waals surface area contributed by atoms with Crippen LogP contribution in [0.25, 0.3) is 0 Å². The summed E-state index contributed by atoms with van der Waals surface area (Å²) in [5.41, 5.74) is 2.08. The first-order valence-electron chi connectivity index (χ1n) is 7.12. The fraction of sp³-hybridized carbons (Fsp3) is 0.588. The Morgan fingerprint density at radius 3 is 2.63 bits per heavy atom. The van der Waals surface area contributed by atoms with E-state index in [0.29, 0.717) is 17.4 Å². The molecule has 104 valence electrons. The summed E-state index contributed by atoms with van der Waals surface area (Å²) in [6, 6.07) is 5.72. The summed E-state index contributed by atoms with van der Waals surface area (Å²) in [5, 5.41) is 0. The predicted molar refractivity (Wildman–Crippen MR) is 77.8 cm³/mol. The van der Waals surface area contributed by atoms with Crippen molar-refractivity contribution in [2.24, 2.45) is 11.3 Å². The summed E-state index contributed by atoms with van der Waals surface area (Å²) in [5.74, 6) is 1.60. The fourth-order valence-electron chi connectivity index (χ4n) is 3.39. The number of hydrogen-bond acceptors (Lipinski definition) is 2. The monoisotopic (exact) mass is 260 g/mol. The van der Waals surface area contributed by atoms with Gasteiger partial charge >= 0.3 is 0 Å². The highest BCUT2D eigenvalue weighted by Crippen LogP contribution is 2.40. The van der Waals surface area contributed by atoms with E-state index in [9.17, 15) is 4.79 Å². The predicted octanol–water partition coefficient (Wildman–Crippen LogP) is 4.40. The van der Waals surface area contributed by atoms with Crippen LogP contribution in [0, 0.1) is 18.3 Å². The lowest BCUT2D eigenvalue weighted by Crippen LogP contribution is -2.34. The minimum absolute atomic E-state index is 0.292. The van der Waals surface area contributed by atoms with Gasteiger partial charge in [0.25, 0.3) is 0 Å². The number of carbonyl (C=O) groups excluding carboxylic acids is 1. The molecule has 1 saturated carbocycles. The van der Waals surface area contributed by atoms with Gasteiger partial charge in [-0.25, -0.2) is 0 Å². The fourth-order valence-corrected chi connectivity index (χ4v) is 3.39. The summed E-state index contributed by atoms with van der Waals surface area (Å²) < 4.78 is 6.13. The maximum absolute atomic E-state index is 10.8. The third-order valence-corrected chi connectivity index (χ3v) is 4.02. The normalized spacial score (nSPS) is 25.9. The topological polar surface area (TPSA) is 26.3 Å². The van der Waals surface area contributed by atoms with E-state index >= 15 is 0 Å². The van der Waals surface area contributed by atoms with E-state index in [-0.39, 0.29) is 0 Å². The van der Waals surface area contributed by atoms with Crippen LogP contribution in [0.15, 0.2) is 18.2 Å². The molecule has 2 unspecified atom stereocenters. The van der Waals surface area contributed by atoms with Gasteiger partial charge in [-0.3, -0.25) is 4.79 Å². The smallest absolute Gasteiger partial charge is 0.150 e. The molecule has 1 aliphatic rings. The van der Waals surface area contributed by atoms with Crippen LogP contribution in [-0.2, 0) is 0 Å². The summed E-state index contributed by atoms with van der Waals surface area (Å²) in [7, 11) is 0. The van der Waals surface area contributed by atoms with Gasteiger partial charge < -0.3 is 4.74 Å². The Morgan fingerprint density at radius 2 is 2.05 bits per heavy atom. The van der Waals surface area contributed by atoms with E-state index in [1.807, 2.05) is 25.1 Å². The van der Waals surface area contributed by atoms with Gasteiger partial charge in [-0.1, -0.05) is 20.8 Å². The van der Waals surface area contributed by atoms with Crippen molar-refractivity contribution in [3.8, 4) is 5.75 Å². The Balaban J connectivity index is 2.08. The number of ether oxygens (including phenoxy) is 1. The first-order chi connectivity index (χ1) is 8.89. The van der Waals surface area contributed by atoms with Crippen molar-refractivity contribution in [1.29, 1.82) is 0 Å². The van der Waals surface area contributed by atoms with Gasteiger partial charge in [0.15, 0.2) is 0 Å². The first kappa shape index (κ1) is 14.1. The molecule has 2 heteroatoms. The van der Waals surface area contributed by atoms with Crippen molar-refractivity contribution < 1.29 is 9.53 Å². The lowest BCUT2D eigenvalue weighted by Gasteiger charge is -2.38. The van der Waals surface area contributed by atoms with Gasteiger partial charge in [0.2, 0.25) is 0 Å². The Labute approximate surface area is 116 Å². The lowest BCUT2D eigenvalue weighted by molar-refractivity contribution is 0.0562. The van der Waals surface area contributed by atoms with Crippen LogP contribution in [0.3, 0.4) is 0 Å². The molecule has 0 radical (unpaired) electrons. The lowest BCUT2D eigenvalue weighted by atomic mass is 9.71. The molecule has 19 heavy (non-hydrogen) atoms. The molecule has 0 aromatic heterocycles. The van der Waals surface area contributed by atoms with Crippen molar-refractivity contribution in [3.05, 3.63) is 29.3 Å². The number of aldehydes is 1. The largest absolute Gasteiger partial charge is 0.490 e. The Morgan fingerprint density at radius 1 is 1.32 bits per heavy atom. The zero-order chi connectivity index (χ0) is 14.0. The van der Waals surface area contributed by atoms with Crippen molar-refractivity contribution in [1.82, 2.24) is 0 Å². The van der Waals surface area contributed by atoms with Crippen LogP contribution < -0.4 is 4.74 Å². The van der Waals surface area contributed by atoms with Crippen LogP contribution in [0.4, 0.5) is 0 Å². The van der Waals surface area contributed by atoms with Gasteiger partial charge in [-0.05, 0) is 61.3 Å². The Kier molecular flexibility index (Phi) is 3.98. The molecule has 1 aromatic rings. The van der Waals surface area contributed by atoms with Gasteiger partial charge in [0.05, 0.1) is 6.10 Å². The second-order valence-electron chi connectivity index (χ2n) is 6.79. The number of carbonyl (C=O) groups is 1. The molecule has 0 heterocycles. The zero-order valence-electron chi connectivity index (χ0n) is 12.4. The molecule has 1 aromatic carbocycles. The molecule has 0 bridgehead atoms. The quantitative estimate of drug-likeness (QED) is 0.753. The van der Waals surface area contributed by atoms with Crippen molar-refractivity contribution in [2.45, 2.75) is 53.1 Å². The van der Waals surface area contributed by atoms with E-state index in [0.717, 1.165) is 36.0 Å². The minimum Gasteiger partial charge on any atom is -0.490 e. The average Bonchev–Trinajstić information content (AvgIpc) is 2.26. The number of benzene rings is 1. The number of aryl methyl sites for hydroxylation is 1. The summed E-state index contributed by atoms with van der Waals surface area (Å²) in [6.45, 7) is 8.89. The highest BCUT2D eigenvalue weighted by atomic mass is 16.5. The molecule has 2 nitrogen and oxygen atoms in total. The molecule has 0 saturated heterocycles. The molecule has 1 fully saturated rings. The summed E-state index contributed by atoms with van der Waals surface area (Å²) in [4.78, 5) is 10.8. The highest BCUT2D eigenvalue weighted by Gasteiger charge is 2.33. The third kappa shape index (κ3) is 3.59. The van der Waals surface area contributed by atoms with Crippen molar-refractivity contribution >= 4 is 6.29 Å². The molecule has 0 amide bonds. The van der Waals surface area contributed by atoms with Crippen LogP contribution in [0.5, 0.6) is 5.75 Å². The number of hydrogen-bond donors (Lipinski definition) is 0. The molecule has 0 aliphatic heterocycles. The minimum atomic E-state index is 0.292. The van der Waals surface area contributed by atoms with Gasteiger partial charge in [-0.15, -0.1) is 0 Å². The molecule has 1 aliphatic carbocycles. The number of rotatable bonds is 3. The Bertz CT molecular complexity index is 462. The van der Waals surface area contributed by atoms with Crippen LogP contribution in [0.2, 0.25) is 0 Å². The first-order valence-corrected chi connectivity index (χ1v) is 7.12. The van der Waals surface area contributed by atoms with Crippen LogP contribution >= 0.6 is 0 Å². The van der Waals surface area contributed by atoms with E-state index in [2.05, 4.69) is 20.8 Å². The van der Waals surface area contributed by atoms with Crippen LogP contribution in [0.1, 0.15) is 56.0 Å². The van der Waals surface area contributed by atoms with E-state index in [1.165, 1.54) is 6.42 Å². The van der Waals surface area contributed by atoms with E-state index in [4.69, 9.17) is 4.74 Å². The molecule has 0 spiro atoms. The maximum atomic E-state index is 10.8. The SMILES string of the molecule is Cc1cc(OC2CC(C)CC(C)(C)C2)ccc1C=O. The second kappa shape index (κ2) is 5.36. The second-order valence-corrected chi connectivity index (χ2v) is 6.79. The summed E-state index contributed by atoms with van der Waals surface area (Å²) >= 11 is 0.